The second kappa shape index (κ2) is 5.65. The van der Waals surface area contributed by atoms with Crippen LogP contribution in [-0.2, 0) is 11.2 Å². The number of amides is 1. The predicted molar refractivity (Wildman–Crippen MR) is 71.3 cm³/mol. The molecule has 1 aromatic heterocycles. The molecule has 2 rings (SSSR count). The van der Waals surface area contributed by atoms with Crippen LogP contribution in [0.2, 0.25) is 0 Å². The first-order valence-corrected chi connectivity index (χ1v) is 7.10. The molecular formula is C13H20N2OS. The Hall–Kier alpha value is -0.870. The fraction of sp³-hybridized carbons (Fsp3) is 0.615. The molecule has 4 heteroatoms. The molecular weight excluding hydrogens is 232 g/mol. The van der Waals surface area contributed by atoms with E-state index in [9.17, 15) is 4.79 Å². The van der Waals surface area contributed by atoms with Crippen molar-refractivity contribution in [2.24, 2.45) is 0 Å². The van der Waals surface area contributed by atoms with Gasteiger partial charge in [-0.05, 0) is 38.3 Å². The molecule has 17 heavy (non-hydrogen) atoms. The molecule has 0 saturated carbocycles. The monoisotopic (exact) mass is 252 g/mol. The molecule has 2 atom stereocenters. The Morgan fingerprint density at radius 3 is 3.12 bits per heavy atom. The van der Waals surface area contributed by atoms with Crippen LogP contribution in [0.1, 0.15) is 24.6 Å². The third-order valence-electron chi connectivity index (χ3n) is 3.43. The lowest BCUT2D eigenvalue weighted by Crippen LogP contribution is -2.53. The molecule has 1 aliphatic heterocycles. The summed E-state index contributed by atoms with van der Waals surface area (Å²) in [7, 11) is 1.87. The Labute approximate surface area is 107 Å². The van der Waals surface area contributed by atoms with Gasteiger partial charge in [0.05, 0.1) is 6.04 Å². The normalized spacial score (nSPS) is 22.8. The molecule has 94 valence electrons. The van der Waals surface area contributed by atoms with Crippen molar-refractivity contribution in [1.82, 2.24) is 10.2 Å². The highest BCUT2D eigenvalue weighted by Gasteiger charge is 2.30. The maximum absolute atomic E-state index is 12.2. The summed E-state index contributed by atoms with van der Waals surface area (Å²) in [4.78, 5) is 15.6. The molecule has 0 radical (unpaired) electrons. The zero-order valence-electron chi connectivity index (χ0n) is 10.5. The third-order valence-corrected chi connectivity index (χ3v) is 4.33. The molecule has 0 aromatic carbocycles. The standard InChI is InChI=1S/C13H20N2OS/c1-10(9-11-5-4-8-17-11)15-7-3-6-12(14-2)13(15)16/h4-5,8,10,12,14H,3,6-7,9H2,1-2H3. The predicted octanol–water partition coefficient (Wildman–Crippen LogP) is 1.89. The van der Waals surface area contributed by atoms with Crippen LogP contribution in [0.3, 0.4) is 0 Å². The Bertz CT molecular complexity index is 364. The summed E-state index contributed by atoms with van der Waals surface area (Å²) in [5, 5.41) is 5.20. The topological polar surface area (TPSA) is 32.3 Å². The van der Waals surface area contributed by atoms with Crippen LogP contribution in [0.25, 0.3) is 0 Å². The Morgan fingerprint density at radius 1 is 1.65 bits per heavy atom. The van der Waals surface area contributed by atoms with Crippen molar-refractivity contribution in [3.05, 3.63) is 22.4 Å². The van der Waals surface area contributed by atoms with E-state index < -0.39 is 0 Å². The van der Waals surface area contributed by atoms with Crippen molar-refractivity contribution < 1.29 is 4.79 Å². The second-order valence-corrected chi connectivity index (χ2v) is 5.68. The van der Waals surface area contributed by atoms with Crippen molar-refractivity contribution in [2.75, 3.05) is 13.6 Å². The molecule has 1 saturated heterocycles. The molecule has 0 aliphatic carbocycles. The highest BCUT2D eigenvalue weighted by atomic mass is 32.1. The number of hydrogen-bond acceptors (Lipinski definition) is 3. The molecule has 1 aliphatic rings. The van der Waals surface area contributed by atoms with E-state index in [1.165, 1.54) is 4.88 Å². The number of likely N-dealkylation sites (tertiary alicyclic amines) is 1. The van der Waals surface area contributed by atoms with Crippen molar-refractivity contribution in [2.45, 2.75) is 38.3 Å². The fourth-order valence-corrected chi connectivity index (χ4v) is 3.26. The van der Waals surface area contributed by atoms with Crippen LogP contribution >= 0.6 is 11.3 Å². The molecule has 1 N–H and O–H groups in total. The van der Waals surface area contributed by atoms with Gasteiger partial charge in [-0.15, -0.1) is 11.3 Å². The van der Waals surface area contributed by atoms with E-state index in [1.807, 2.05) is 11.9 Å². The molecule has 0 bridgehead atoms. The summed E-state index contributed by atoms with van der Waals surface area (Å²) in [6, 6.07) is 4.54. The minimum Gasteiger partial charge on any atom is -0.338 e. The van der Waals surface area contributed by atoms with E-state index in [1.54, 1.807) is 11.3 Å². The zero-order valence-corrected chi connectivity index (χ0v) is 11.3. The van der Waals surface area contributed by atoms with Crippen molar-refractivity contribution in [3.8, 4) is 0 Å². The van der Waals surface area contributed by atoms with Crippen molar-refractivity contribution in [1.29, 1.82) is 0 Å². The number of nitrogens with one attached hydrogen (secondary N) is 1. The Morgan fingerprint density at radius 2 is 2.47 bits per heavy atom. The van der Waals surface area contributed by atoms with Gasteiger partial charge in [0.2, 0.25) is 5.91 Å². The van der Waals surface area contributed by atoms with Crippen LogP contribution < -0.4 is 5.32 Å². The van der Waals surface area contributed by atoms with Gasteiger partial charge in [-0.2, -0.15) is 0 Å². The minimum atomic E-state index is 0.0227. The maximum Gasteiger partial charge on any atom is 0.239 e. The largest absolute Gasteiger partial charge is 0.338 e. The zero-order chi connectivity index (χ0) is 12.3. The van der Waals surface area contributed by atoms with Gasteiger partial charge in [0.15, 0.2) is 0 Å². The molecule has 3 nitrogen and oxygen atoms in total. The summed E-state index contributed by atoms with van der Waals surface area (Å²) < 4.78 is 0. The van der Waals surface area contributed by atoms with Crippen LogP contribution in [0, 0.1) is 0 Å². The lowest BCUT2D eigenvalue weighted by molar-refractivity contribution is -0.137. The van der Waals surface area contributed by atoms with Gasteiger partial charge in [-0.1, -0.05) is 6.07 Å². The lowest BCUT2D eigenvalue weighted by Gasteiger charge is -2.36. The minimum absolute atomic E-state index is 0.0227. The van der Waals surface area contributed by atoms with Gasteiger partial charge in [0.1, 0.15) is 0 Å². The van der Waals surface area contributed by atoms with Gasteiger partial charge >= 0.3 is 0 Å². The Balaban J connectivity index is 1.98. The highest BCUT2D eigenvalue weighted by molar-refractivity contribution is 7.09. The molecule has 1 aromatic rings. The SMILES string of the molecule is CNC1CCCN(C(C)Cc2cccs2)C1=O. The average molecular weight is 252 g/mol. The summed E-state index contributed by atoms with van der Waals surface area (Å²) >= 11 is 1.77. The summed E-state index contributed by atoms with van der Waals surface area (Å²) in [5.74, 6) is 0.266. The second-order valence-electron chi connectivity index (χ2n) is 4.65. The molecule has 0 spiro atoms. The van der Waals surface area contributed by atoms with E-state index in [0.29, 0.717) is 6.04 Å². The number of piperidine rings is 1. The number of nitrogens with zero attached hydrogens (tertiary/aromatic N) is 1. The number of carbonyl (C=O) groups is 1. The van der Waals surface area contributed by atoms with Crippen LogP contribution in [-0.4, -0.2) is 36.5 Å². The number of hydrogen-bond donors (Lipinski definition) is 1. The average Bonchev–Trinajstić information content (AvgIpc) is 2.82. The van der Waals surface area contributed by atoms with Gasteiger partial charge in [-0.3, -0.25) is 4.79 Å². The summed E-state index contributed by atoms with van der Waals surface area (Å²) in [6.07, 6.45) is 3.05. The van der Waals surface area contributed by atoms with E-state index in [0.717, 1.165) is 25.8 Å². The molecule has 2 unspecified atom stereocenters. The first kappa shape index (κ1) is 12.6. The molecule has 1 fully saturated rings. The number of likely N-dealkylation sites (N-methyl/N-ethyl adjacent to an activating group) is 1. The quantitative estimate of drug-likeness (QED) is 0.887. The van der Waals surface area contributed by atoms with Crippen LogP contribution in [0.5, 0.6) is 0 Å². The van der Waals surface area contributed by atoms with E-state index >= 15 is 0 Å². The van der Waals surface area contributed by atoms with E-state index in [4.69, 9.17) is 0 Å². The first-order valence-electron chi connectivity index (χ1n) is 6.22. The van der Waals surface area contributed by atoms with Gasteiger partial charge in [0.25, 0.3) is 0 Å². The first-order chi connectivity index (χ1) is 8.22. The van der Waals surface area contributed by atoms with E-state index in [-0.39, 0.29) is 11.9 Å². The van der Waals surface area contributed by atoms with Crippen molar-refractivity contribution >= 4 is 17.2 Å². The van der Waals surface area contributed by atoms with Crippen molar-refractivity contribution in [3.63, 3.8) is 0 Å². The van der Waals surface area contributed by atoms with Gasteiger partial charge in [0, 0.05) is 23.9 Å². The van der Waals surface area contributed by atoms with Crippen LogP contribution in [0.15, 0.2) is 17.5 Å². The number of thiophene rings is 1. The number of rotatable bonds is 4. The smallest absolute Gasteiger partial charge is 0.239 e. The Kier molecular flexibility index (Phi) is 4.18. The lowest BCUT2D eigenvalue weighted by atomic mass is 10.0. The summed E-state index contributed by atoms with van der Waals surface area (Å²) in [5.41, 5.74) is 0. The molecule has 2 heterocycles. The van der Waals surface area contributed by atoms with Gasteiger partial charge in [-0.25, -0.2) is 0 Å². The fourth-order valence-electron chi connectivity index (χ4n) is 2.44. The van der Waals surface area contributed by atoms with Crippen LogP contribution in [0.4, 0.5) is 0 Å². The van der Waals surface area contributed by atoms with Gasteiger partial charge < -0.3 is 10.2 Å². The summed E-state index contributed by atoms with van der Waals surface area (Å²) in [6.45, 7) is 3.05. The highest BCUT2D eigenvalue weighted by Crippen LogP contribution is 2.19. The van der Waals surface area contributed by atoms with E-state index in [2.05, 4.69) is 29.8 Å². The third kappa shape index (κ3) is 2.87. The molecule has 1 amide bonds. The maximum atomic E-state index is 12.2. The number of carbonyl (C=O) groups excluding carboxylic acids is 1.